The maximum absolute atomic E-state index is 12.0. The van der Waals surface area contributed by atoms with Gasteiger partial charge in [0.25, 0.3) is 0 Å². The van der Waals surface area contributed by atoms with Gasteiger partial charge < -0.3 is 14.2 Å². The largest absolute Gasteiger partial charge is 0.493 e. The van der Waals surface area contributed by atoms with Crippen LogP contribution in [0.3, 0.4) is 0 Å². The van der Waals surface area contributed by atoms with Gasteiger partial charge in [-0.05, 0) is 31.9 Å². The molecule has 1 aromatic carbocycles. The number of nitrogens with zero attached hydrogens (tertiary/aromatic N) is 2. The fourth-order valence-electron chi connectivity index (χ4n) is 2.14. The second-order valence-electron chi connectivity index (χ2n) is 5.40. The Hall–Kier alpha value is -2.30. The highest BCUT2D eigenvalue weighted by molar-refractivity contribution is 5.75. The van der Waals surface area contributed by atoms with Crippen LogP contribution in [0.5, 0.6) is 5.75 Å². The highest BCUT2D eigenvalue weighted by Gasteiger charge is 2.11. The van der Waals surface area contributed by atoms with E-state index in [1.165, 1.54) is 0 Å². The summed E-state index contributed by atoms with van der Waals surface area (Å²) in [7, 11) is 1.77. The second kappa shape index (κ2) is 7.64. The molecule has 1 heterocycles. The fourth-order valence-corrected chi connectivity index (χ4v) is 2.14. The first-order valence-electron chi connectivity index (χ1n) is 7.41. The fraction of sp³-hybridized carbons (Fsp3) is 0.412. The van der Waals surface area contributed by atoms with Crippen LogP contribution in [0, 0.1) is 13.8 Å². The van der Waals surface area contributed by atoms with E-state index >= 15 is 0 Å². The molecule has 0 aliphatic carbocycles. The molecule has 0 saturated carbocycles. The predicted molar refractivity (Wildman–Crippen MR) is 83.6 cm³/mol. The first kappa shape index (κ1) is 16.1. The zero-order chi connectivity index (χ0) is 15.9. The topological polar surface area (TPSA) is 55.6 Å². The molecule has 0 aliphatic heterocycles. The number of aryl methyl sites for hydroxylation is 2. The van der Waals surface area contributed by atoms with E-state index in [0.29, 0.717) is 26.0 Å². The minimum Gasteiger partial charge on any atom is -0.493 e. The van der Waals surface area contributed by atoms with Gasteiger partial charge in [-0.15, -0.1) is 0 Å². The molecule has 5 nitrogen and oxygen atoms in total. The summed E-state index contributed by atoms with van der Waals surface area (Å²) in [6.45, 7) is 4.84. The van der Waals surface area contributed by atoms with E-state index in [-0.39, 0.29) is 5.91 Å². The Bertz CT molecular complexity index is 622. The molecule has 1 aromatic heterocycles. The number of carbonyl (C=O) groups excluding carboxylic acids is 1. The number of hydrogen-bond donors (Lipinski definition) is 0. The normalized spacial score (nSPS) is 10.5. The molecule has 0 atom stereocenters. The Morgan fingerprint density at radius 3 is 2.77 bits per heavy atom. The summed E-state index contributed by atoms with van der Waals surface area (Å²) in [6.07, 6.45) is 1.15. The molecule has 22 heavy (non-hydrogen) atoms. The summed E-state index contributed by atoms with van der Waals surface area (Å²) in [5.41, 5.74) is 1.87. The third kappa shape index (κ3) is 4.62. The molecule has 5 heteroatoms. The van der Waals surface area contributed by atoms with Crippen LogP contribution in [0.2, 0.25) is 0 Å². The molecule has 0 unspecified atom stereocenters. The van der Waals surface area contributed by atoms with Crippen LogP contribution in [0.15, 0.2) is 34.9 Å². The lowest BCUT2D eigenvalue weighted by Crippen LogP contribution is -2.26. The quantitative estimate of drug-likeness (QED) is 0.737. The zero-order valence-electron chi connectivity index (χ0n) is 13.3. The summed E-state index contributed by atoms with van der Waals surface area (Å²) in [6, 6.07) is 9.71. The van der Waals surface area contributed by atoms with Crippen molar-refractivity contribution in [1.82, 2.24) is 10.1 Å². The van der Waals surface area contributed by atoms with E-state index in [2.05, 4.69) is 5.16 Å². The lowest BCUT2D eigenvalue weighted by atomic mass is 10.2. The maximum atomic E-state index is 12.0. The van der Waals surface area contributed by atoms with Crippen molar-refractivity contribution in [2.45, 2.75) is 33.2 Å². The van der Waals surface area contributed by atoms with E-state index in [4.69, 9.17) is 9.26 Å². The van der Waals surface area contributed by atoms with Crippen molar-refractivity contribution < 1.29 is 14.1 Å². The molecule has 0 spiro atoms. The van der Waals surface area contributed by atoms with Crippen molar-refractivity contribution in [2.24, 2.45) is 0 Å². The Morgan fingerprint density at radius 2 is 2.09 bits per heavy atom. The predicted octanol–water partition coefficient (Wildman–Crippen LogP) is 3.11. The lowest BCUT2D eigenvalue weighted by molar-refractivity contribution is -0.130. The summed E-state index contributed by atoms with van der Waals surface area (Å²) in [4.78, 5) is 13.7. The van der Waals surface area contributed by atoms with Gasteiger partial charge in [-0.2, -0.15) is 0 Å². The highest BCUT2D eigenvalue weighted by atomic mass is 16.5. The van der Waals surface area contributed by atoms with Gasteiger partial charge in [-0.25, -0.2) is 0 Å². The number of carbonyl (C=O) groups is 1. The Labute approximate surface area is 130 Å². The maximum Gasteiger partial charge on any atom is 0.222 e. The van der Waals surface area contributed by atoms with Crippen LogP contribution >= 0.6 is 0 Å². The van der Waals surface area contributed by atoms with E-state index in [1.807, 2.05) is 44.2 Å². The van der Waals surface area contributed by atoms with Gasteiger partial charge in [0.05, 0.1) is 13.2 Å². The van der Waals surface area contributed by atoms with Crippen LogP contribution in [-0.4, -0.2) is 29.6 Å². The number of rotatable bonds is 7. The van der Waals surface area contributed by atoms with E-state index < -0.39 is 0 Å². The van der Waals surface area contributed by atoms with Crippen LogP contribution in [0.4, 0.5) is 0 Å². The second-order valence-corrected chi connectivity index (χ2v) is 5.40. The summed E-state index contributed by atoms with van der Waals surface area (Å²) < 4.78 is 10.7. The van der Waals surface area contributed by atoms with Crippen LogP contribution in [-0.2, 0) is 11.3 Å². The van der Waals surface area contributed by atoms with Crippen LogP contribution < -0.4 is 4.74 Å². The smallest absolute Gasteiger partial charge is 0.222 e. The molecule has 0 radical (unpaired) electrons. The Balaban J connectivity index is 1.70. The Kier molecular flexibility index (Phi) is 5.58. The molecular weight excluding hydrogens is 280 g/mol. The van der Waals surface area contributed by atoms with Crippen molar-refractivity contribution in [3.8, 4) is 5.75 Å². The summed E-state index contributed by atoms with van der Waals surface area (Å²) in [5, 5.41) is 3.89. The minimum absolute atomic E-state index is 0.0778. The summed E-state index contributed by atoms with van der Waals surface area (Å²) >= 11 is 0. The van der Waals surface area contributed by atoms with Crippen molar-refractivity contribution in [2.75, 3.05) is 13.7 Å². The average Bonchev–Trinajstić information content (AvgIpc) is 2.90. The standard InChI is InChI=1S/C17H22N2O3/c1-13-7-4-5-8-16(13)21-10-6-9-17(20)19(3)12-15-11-14(2)22-18-15/h4-5,7-8,11H,6,9-10,12H2,1-3H3. The number of ether oxygens (including phenoxy) is 1. The van der Waals surface area contributed by atoms with Crippen molar-refractivity contribution in [3.05, 3.63) is 47.3 Å². The van der Waals surface area contributed by atoms with Crippen molar-refractivity contribution in [1.29, 1.82) is 0 Å². The Morgan fingerprint density at radius 1 is 1.32 bits per heavy atom. The molecule has 0 N–H and O–H groups in total. The van der Waals surface area contributed by atoms with E-state index in [9.17, 15) is 4.79 Å². The average molecular weight is 302 g/mol. The first-order valence-corrected chi connectivity index (χ1v) is 7.41. The van der Waals surface area contributed by atoms with Gasteiger partial charge in [0, 0.05) is 19.5 Å². The number of para-hydroxylation sites is 1. The number of aromatic nitrogens is 1. The molecule has 2 aromatic rings. The molecular formula is C17H22N2O3. The van der Waals surface area contributed by atoms with Gasteiger partial charge in [-0.3, -0.25) is 4.79 Å². The van der Waals surface area contributed by atoms with E-state index in [0.717, 1.165) is 22.8 Å². The molecule has 0 bridgehead atoms. The number of amides is 1. The van der Waals surface area contributed by atoms with Crippen LogP contribution in [0.1, 0.15) is 29.9 Å². The number of hydrogen-bond acceptors (Lipinski definition) is 4. The minimum atomic E-state index is 0.0778. The van der Waals surface area contributed by atoms with Crippen LogP contribution in [0.25, 0.3) is 0 Å². The molecule has 0 fully saturated rings. The van der Waals surface area contributed by atoms with Gasteiger partial charge >= 0.3 is 0 Å². The van der Waals surface area contributed by atoms with Gasteiger partial charge in [0.1, 0.15) is 17.2 Å². The van der Waals surface area contributed by atoms with Gasteiger partial charge in [0.2, 0.25) is 5.91 Å². The van der Waals surface area contributed by atoms with Crippen molar-refractivity contribution >= 4 is 5.91 Å². The van der Waals surface area contributed by atoms with Gasteiger partial charge in [0.15, 0.2) is 0 Å². The third-order valence-corrected chi connectivity index (χ3v) is 3.39. The summed E-state index contributed by atoms with van der Waals surface area (Å²) in [5.74, 6) is 1.71. The molecule has 118 valence electrons. The molecule has 1 amide bonds. The lowest BCUT2D eigenvalue weighted by Gasteiger charge is -2.15. The van der Waals surface area contributed by atoms with Gasteiger partial charge in [-0.1, -0.05) is 23.4 Å². The molecule has 0 aliphatic rings. The third-order valence-electron chi connectivity index (χ3n) is 3.39. The molecule has 0 saturated heterocycles. The first-order chi connectivity index (χ1) is 10.6. The highest BCUT2D eigenvalue weighted by Crippen LogP contribution is 2.16. The number of benzene rings is 1. The SMILES string of the molecule is Cc1cc(CN(C)C(=O)CCCOc2ccccc2C)no1. The zero-order valence-corrected chi connectivity index (χ0v) is 13.3. The monoisotopic (exact) mass is 302 g/mol. The van der Waals surface area contributed by atoms with Crippen molar-refractivity contribution in [3.63, 3.8) is 0 Å². The van der Waals surface area contributed by atoms with E-state index in [1.54, 1.807) is 11.9 Å². The molecule has 2 rings (SSSR count).